The molecule has 8 heteroatoms. The number of ether oxygens (including phenoxy) is 1. The van der Waals surface area contributed by atoms with Crippen LogP contribution in [-0.2, 0) is 10.5 Å². The normalized spacial score (nSPS) is 11.2. The van der Waals surface area contributed by atoms with Gasteiger partial charge >= 0.3 is 0 Å². The lowest BCUT2D eigenvalue weighted by Gasteiger charge is -2.08. The van der Waals surface area contributed by atoms with Crippen molar-refractivity contribution in [3.63, 3.8) is 0 Å². The van der Waals surface area contributed by atoms with Gasteiger partial charge in [0.15, 0.2) is 4.34 Å². The summed E-state index contributed by atoms with van der Waals surface area (Å²) in [5.41, 5.74) is 4.38. The Bertz CT molecular complexity index is 884. The van der Waals surface area contributed by atoms with Crippen molar-refractivity contribution in [2.75, 3.05) is 25.6 Å². The molecule has 2 aromatic heterocycles. The van der Waals surface area contributed by atoms with Crippen LogP contribution in [0.4, 0.5) is 5.13 Å². The van der Waals surface area contributed by atoms with Crippen LogP contribution in [0.15, 0.2) is 22.5 Å². The van der Waals surface area contributed by atoms with Gasteiger partial charge < -0.3 is 10.1 Å². The number of aryl methyl sites for hydroxylation is 2. The second-order valence-corrected chi connectivity index (χ2v) is 8.16. The van der Waals surface area contributed by atoms with Crippen LogP contribution in [0.1, 0.15) is 16.7 Å². The van der Waals surface area contributed by atoms with Crippen molar-refractivity contribution in [2.24, 2.45) is 0 Å². The Labute approximate surface area is 160 Å². The third kappa shape index (κ3) is 4.41. The van der Waals surface area contributed by atoms with E-state index in [4.69, 9.17) is 16.3 Å². The van der Waals surface area contributed by atoms with E-state index in [-0.39, 0.29) is 0 Å². The zero-order valence-electron chi connectivity index (χ0n) is 14.3. The molecule has 0 aliphatic carbocycles. The van der Waals surface area contributed by atoms with Crippen molar-refractivity contribution >= 4 is 50.7 Å². The number of methoxy groups -OCH3 is 1. The van der Waals surface area contributed by atoms with Crippen molar-refractivity contribution in [2.45, 2.75) is 23.9 Å². The van der Waals surface area contributed by atoms with E-state index in [1.54, 1.807) is 18.9 Å². The molecule has 0 aliphatic rings. The van der Waals surface area contributed by atoms with E-state index in [0.717, 1.165) is 32.5 Å². The molecule has 5 nitrogen and oxygen atoms in total. The van der Waals surface area contributed by atoms with Crippen LogP contribution in [0.5, 0.6) is 0 Å². The van der Waals surface area contributed by atoms with Crippen molar-refractivity contribution in [3.05, 3.63) is 40.0 Å². The lowest BCUT2D eigenvalue weighted by molar-refractivity contribution is 0.211. The van der Waals surface area contributed by atoms with Crippen molar-refractivity contribution < 1.29 is 4.74 Å². The minimum absolute atomic E-state index is 0.552. The fraction of sp³-hybridized carbons (Fsp3) is 0.353. The topological polar surface area (TPSA) is 59.9 Å². The Morgan fingerprint density at radius 3 is 2.92 bits per heavy atom. The summed E-state index contributed by atoms with van der Waals surface area (Å²) in [7, 11) is 1.67. The molecule has 3 rings (SSSR count). The lowest BCUT2D eigenvalue weighted by atomic mass is 10.0. The molecule has 2 heterocycles. The molecule has 132 valence electrons. The number of fused-ring (bicyclic) bond motifs is 1. The zero-order valence-corrected chi connectivity index (χ0v) is 16.7. The average molecular weight is 395 g/mol. The third-order valence-electron chi connectivity index (χ3n) is 3.88. The monoisotopic (exact) mass is 394 g/mol. The van der Waals surface area contributed by atoms with Crippen LogP contribution in [0.2, 0.25) is 5.15 Å². The summed E-state index contributed by atoms with van der Waals surface area (Å²) in [6.45, 7) is 5.52. The maximum atomic E-state index is 6.40. The SMILES string of the molecule is COCCNc1nnc(SCc2cc3ccc(C)c(C)c3nc2Cl)s1. The van der Waals surface area contributed by atoms with Crippen LogP contribution in [0.3, 0.4) is 0 Å². The number of rotatable bonds is 7. The summed E-state index contributed by atoms with van der Waals surface area (Å²) in [6.07, 6.45) is 0. The van der Waals surface area contributed by atoms with Crippen LogP contribution in [0, 0.1) is 13.8 Å². The Kier molecular flexibility index (Phi) is 6.11. The maximum Gasteiger partial charge on any atom is 0.206 e. The number of thioether (sulfide) groups is 1. The van der Waals surface area contributed by atoms with Gasteiger partial charge in [-0.15, -0.1) is 10.2 Å². The molecule has 0 fully saturated rings. The number of hydrogen-bond acceptors (Lipinski definition) is 7. The maximum absolute atomic E-state index is 6.40. The predicted molar refractivity (Wildman–Crippen MR) is 106 cm³/mol. The third-order valence-corrected chi connectivity index (χ3v) is 6.27. The van der Waals surface area contributed by atoms with E-state index in [1.165, 1.54) is 22.5 Å². The van der Waals surface area contributed by atoms with Crippen molar-refractivity contribution in [1.82, 2.24) is 15.2 Å². The van der Waals surface area contributed by atoms with Crippen LogP contribution < -0.4 is 5.32 Å². The number of nitrogens with zero attached hydrogens (tertiary/aromatic N) is 3. The highest BCUT2D eigenvalue weighted by Gasteiger charge is 2.10. The molecule has 0 radical (unpaired) electrons. The molecule has 25 heavy (non-hydrogen) atoms. The van der Waals surface area contributed by atoms with Gasteiger partial charge in [0.05, 0.1) is 12.1 Å². The number of pyridine rings is 1. The minimum atomic E-state index is 0.552. The average Bonchev–Trinajstić information content (AvgIpc) is 3.05. The number of anilines is 1. The number of hydrogen-bond donors (Lipinski definition) is 1. The first kappa shape index (κ1) is 18.4. The Morgan fingerprint density at radius 1 is 1.28 bits per heavy atom. The van der Waals surface area contributed by atoms with E-state index in [1.807, 2.05) is 0 Å². The fourth-order valence-corrected chi connectivity index (χ4v) is 4.38. The predicted octanol–water partition coefficient (Wildman–Crippen LogP) is 4.71. The molecule has 0 bridgehead atoms. The van der Waals surface area contributed by atoms with Gasteiger partial charge in [-0.1, -0.05) is 46.8 Å². The molecule has 3 aromatic rings. The van der Waals surface area contributed by atoms with Gasteiger partial charge in [-0.3, -0.25) is 0 Å². The van der Waals surface area contributed by atoms with Gasteiger partial charge in [-0.2, -0.15) is 0 Å². The van der Waals surface area contributed by atoms with Crippen LogP contribution in [0.25, 0.3) is 10.9 Å². The van der Waals surface area contributed by atoms with Crippen LogP contribution in [-0.4, -0.2) is 35.4 Å². The van der Waals surface area contributed by atoms with E-state index in [9.17, 15) is 0 Å². The smallest absolute Gasteiger partial charge is 0.206 e. The molecule has 1 aromatic carbocycles. The Balaban J connectivity index is 1.71. The van der Waals surface area contributed by atoms with Gasteiger partial charge in [-0.05, 0) is 31.0 Å². The molecule has 0 unspecified atom stereocenters. The van der Waals surface area contributed by atoms with Crippen LogP contribution >= 0.6 is 34.7 Å². The van der Waals surface area contributed by atoms with Gasteiger partial charge in [-0.25, -0.2) is 4.98 Å². The highest BCUT2D eigenvalue weighted by molar-refractivity contribution is 8.00. The van der Waals surface area contributed by atoms with E-state index >= 15 is 0 Å². The van der Waals surface area contributed by atoms with E-state index in [0.29, 0.717) is 17.5 Å². The van der Waals surface area contributed by atoms with Crippen molar-refractivity contribution in [3.8, 4) is 0 Å². The second-order valence-electron chi connectivity index (χ2n) is 5.60. The second kappa shape index (κ2) is 8.31. The summed E-state index contributed by atoms with van der Waals surface area (Å²) < 4.78 is 5.91. The standard InChI is InChI=1S/C17H19ClN4OS2/c1-10-4-5-12-8-13(15(18)20-14(12)11(10)2)9-24-17-22-21-16(25-17)19-6-7-23-3/h4-5,8H,6-7,9H2,1-3H3,(H,19,21). The van der Waals surface area contributed by atoms with Crippen molar-refractivity contribution in [1.29, 1.82) is 0 Å². The first-order chi connectivity index (χ1) is 12.1. The van der Waals surface area contributed by atoms with E-state index < -0.39 is 0 Å². The number of aromatic nitrogens is 3. The van der Waals surface area contributed by atoms with Gasteiger partial charge in [0.25, 0.3) is 0 Å². The number of halogens is 1. The molecule has 0 atom stereocenters. The minimum Gasteiger partial charge on any atom is -0.383 e. The molecule has 0 aliphatic heterocycles. The number of benzene rings is 1. The highest BCUT2D eigenvalue weighted by Crippen LogP contribution is 2.32. The largest absolute Gasteiger partial charge is 0.383 e. The number of nitrogens with one attached hydrogen (secondary N) is 1. The first-order valence-electron chi connectivity index (χ1n) is 7.83. The Morgan fingerprint density at radius 2 is 2.12 bits per heavy atom. The molecule has 0 amide bonds. The molecule has 0 saturated carbocycles. The first-order valence-corrected chi connectivity index (χ1v) is 10.0. The molecular formula is C17H19ClN4OS2. The van der Waals surface area contributed by atoms with Gasteiger partial charge in [0.2, 0.25) is 5.13 Å². The molecule has 0 spiro atoms. The summed E-state index contributed by atoms with van der Waals surface area (Å²) in [4.78, 5) is 4.60. The fourth-order valence-electron chi connectivity index (χ4n) is 2.34. The highest BCUT2D eigenvalue weighted by atomic mass is 35.5. The molecule has 0 saturated heterocycles. The summed E-state index contributed by atoms with van der Waals surface area (Å²) >= 11 is 9.54. The molecule has 1 N–H and O–H groups in total. The zero-order chi connectivity index (χ0) is 17.8. The lowest BCUT2D eigenvalue weighted by Crippen LogP contribution is -2.06. The quantitative estimate of drug-likeness (QED) is 0.356. The molecular weight excluding hydrogens is 376 g/mol. The van der Waals surface area contributed by atoms with Gasteiger partial charge in [0, 0.05) is 30.4 Å². The van der Waals surface area contributed by atoms with E-state index in [2.05, 4.69) is 52.5 Å². The summed E-state index contributed by atoms with van der Waals surface area (Å²) in [5, 5.41) is 14.0. The van der Waals surface area contributed by atoms with Gasteiger partial charge in [0.1, 0.15) is 5.15 Å². The summed E-state index contributed by atoms with van der Waals surface area (Å²) in [5.74, 6) is 0.710. The Hall–Kier alpha value is -1.41. The summed E-state index contributed by atoms with van der Waals surface area (Å²) in [6, 6.07) is 6.33.